The SMILES string of the molecule is Cc1cccn2cc(COC(=O)c3ccc(Cl)c(S(=O)(=O)N4CCCCC4)c3)nc12. The van der Waals surface area contributed by atoms with E-state index >= 15 is 0 Å². The summed E-state index contributed by atoms with van der Waals surface area (Å²) >= 11 is 6.17. The Balaban J connectivity index is 1.52. The molecular formula is C21H22ClN3O4S. The van der Waals surface area contributed by atoms with Crippen molar-refractivity contribution >= 4 is 33.2 Å². The monoisotopic (exact) mass is 447 g/mol. The molecule has 1 saturated heterocycles. The average molecular weight is 448 g/mol. The van der Waals surface area contributed by atoms with Crippen LogP contribution in [0.2, 0.25) is 5.02 Å². The van der Waals surface area contributed by atoms with Crippen molar-refractivity contribution in [3.8, 4) is 0 Å². The number of esters is 1. The maximum Gasteiger partial charge on any atom is 0.338 e. The number of aromatic nitrogens is 2. The largest absolute Gasteiger partial charge is 0.456 e. The lowest BCUT2D eigenvalue weighted by molar-refractivity contribution is 0.0468. The molecule has 1 aromatic carbocycles. The number of pyridine rings is 1. The van der Waals surface area contributed by atoms with E-state index < -0.39 is 16.0 Å². The molecular weight excluding hydrogens is 426 g/mol. The van der Waals surface area contributed by atoms with E-state index in [1.807, 2.05) is 29.7 Å². The Morgan fingerprint density at radius 1 is 1.20 bits per heavy atom. The van der Waals surface area contributed by atoms with Crippen LogP contribution in [-0.4, -0.2) is 41.2 Å². The van der Waals surface area contributed by atoms with Gasteiger partial charge in [0.2, 0.25) is 10.0 Å². The van der Waals surface area contributed by atoms with Crippen LogP contribution in [0.1, 0.15) is 40.9 Å². The highest BCUT2D eigenvalue weighted by atomic mass is 35.5. The first-order chi connectivity index (χ1) is 14.4. The van der Waals surface area contributed by atoms with Crippen molar-refractivity contribution in [2.45, 2.75) is 37.7 Å². The zero-order chi connectivity index (χ0) is 21.3. The number of imidazole rings is 1. The van der Waals surface area contributed by atoms with Crippen molar-refractivity contribution in [2.24, 2.45) is 0 Å². The molecule has 0 bridgehead atoms. The van der Waals surface area contributed by atoms with Crippen molar-refractivity contribution in [1.82, 2.24) is 13.7 Å². The summed E-state index contributed by atoms with van der Waals surface area (Å²) in [5, 5.41) is 0.0907. The zero-order valence-corrected chi connectivity index (χ0v) is 18.1. The van der Waals surface area contributed by atoms with E-state index in [1.165, 1.54) is 22.5 Å². The molecule has 4 rings (SSSR count). The number of piperidine rings is 1. The molecule has 0 radical (unpaired) electrons. The first-order valence-corrected chi connectivity index (χ1v) is 11.6. The molecule has 1 aliphatic rings. The number of nitrogens with zero attached hydrogens (tertiary/aromatic N) is 3. The van der Waals surface area contributed by atoms with Gasteiger partial charge in [-0.05, 0) is 49.6 Å². The summed E-state index contributed by atoms with van der Waals surface area (Å²) in [6.45, 7) is 2.86. The molecule has 0 spiro atoms. The number of sulfonamides is 1. The van der Waals surface area contributed by atoms with Gasteiger partial charge < -0.3 is 9.14 Å². The van der Waals surface area contributed by atoms with Crippen LogP contribution in [0.5, 0.6) is 0 Å². The summed E-state index contributed by atoms with van der Waals surface area (Å²) in [6, 6.07) is 8.05. The standard InChI is InChI=1S/C21H22ClN3O4S/c1-15-6-5-9-24-13-17(23-20(15)24)14-29-21(26)16-7-8-18(22)19(12-16)30(27,28)25-10-3-2-4-11-25/h5-9,12-13H,2-4,10-11,14H2,1H3. The van der Waals surface area contributed by atoms with Crippen LogP contribution in [0.25, 0.3) is 5.65 Å². The molecule has 1 aliphatic heterocycles. The summed E-state index contributed by atoms with van der Waals surface area (Å²) in [6.07, 6.45) is 6.31. The van der Waals surface area contributed by atoms with E-state index in [1.54, 1.807) is 6.20 Å². The average Bonchev–Trinajstić information content (AvgIpc) is 3.17. The molecule has 30 heavy (non-hydrogen) atoms. The fourth-order valence-electron chi connectivity index (χ4n) is 3.57. The summed E-state index contributed by atoms with van der Waals surface area (Å²) < 4.78 is 34.6. The number of hydrogen-bond acceptors (Lipinski definition) is 5. The second-order valence-electron chi connectivity index (χ2n) is 7.34. The number of carbonyl (C=O) groups excluding carboxylic acids is 1. The van der Waals surface area contributed by atoms with Gasteiger partial charge in [0, 0.05) is 25.5 Å². The lowest BCUT2D eigenvalue weighted by Gasteiger charge is -2.26. The van der Waals surface area contributed by atoms with E-state index in [4.69, 9.17) is 16.3 Å². The molecule has 0 unspecified atom stereocenters. The number of ether oxygens (including phenoxy) is 1. The minimum atomic E-state index is -3.76. The molecule has 0 atom stereocenters. The van der Waals surface area contributed by atoms with Gasteiger partial charge in [0.1, 0.15) is 17.1 Å². The lowest BCUT2D eigenvalue weighted by Crippen LogP contribution is -2.35. The maximum absolute atomic E-state index is 13.0. The number of halogens is 1. The number of carbonyl (C=O) groups is 1. The Morgan fingerprint density at radius 2 is 1.97 bits per heavy atom. The van der Waals surface area contributed by atoms with Crippen molar-refractivity contribution in [3.05, 3.63) is 64.6 Å². The van der Waals surface area contributed by atoms with E-state index in [0.29, 0.717) is 18.8 Å². The third-order valence-corrected chi connectivity index (χ3v) is 7.56. The highest BCUT2D eigenvalue weighted by Gasteiger charge is 2.29. The Kier molecular flexibility index (Phi) is 5.81. The van der Waals surface area contributed by atoms with Crippen LogP contribution in [0, 0.1) is 6.92 Å². The smallest absolute Gasteiger partial charge is 0.338 e. The second-order valence-corrected chi connectivity index (χ2v) is 9.65. The van der Waals surface area contributed by atoms with E-state index in [2.05, 4.69) is 4.98 Å². The van der Waals surface area contributed by atoms with Crippen LogP contribution in [0.15, 0.2) is 47.6 Å². The van der Waals surface area contributed by atoms with Gasteiger partial charge in [0.05, 0.1) is 16.3 Å². The third kappa shape index (κ3) is 4.08. The summed E-state index contributed by atoms with van der Waals surface area (Å²) in [5.41, 5.74) is 2.55. The van der Waals surface area contributed by atoms with Gasteiger partial charge in [0.25, 0.3) is 0 Å². The van der Waals surface area contributed by atoms with Gasteiger partial charge in [-0.2, -0.15) is 4.31 Å². The van der Waals surface area contributed by atoms with Crippen molar-refractivity contribution in [2.75, 3.05) is 13.1 Å². The minimum Gasteiger partial charge on any atom is -0.456 e. The van der Waals surface area contributed by atoms with Crippen molar-refractivity contribution in [1.29, 1.82) is 0 Å². The van der Waals surface area contributed by atoms with Crippen LogP contribution < -0.4 is 0 Å². The van der Waals surface area contributed by atoms with Gasteiger partial charge >= 0.3 is 5.97 Å². The molecule has 0 N–H and O–H groups in total. The first kappa shape index (κ1) is 20.8. The molecule has 1 fully saturated rings. The van der Waals surface area contributed by atoms with E-state index in [-0.39, 0.29) is 22.1 Å². The van der Waals surface area contributed by atoms with Crippen LogP contribution >= 0.6 is 11.6 Å². The number of fused-ring (bicyclic) bond motifs is 1. The van der Waals surface area contributed by atoms with Gasteiger partial charge in [-0.15, -0.1) is 0 Å². The third-order valence-electron chi connectivity index (χ3n) is 5.18. The second kappa shape index (κ2) is 8.37. The number of benzene rings is 1. The first-order valence-electron chi connectivity index (χ1n) is 9.76. The number of rotatable bonds is 5. The zero-order valence-electron chi connectivity index (χ0n) is 16.5. The van der Waals surface area contributed by atoms with Gasteiger partial charge in [-0.1, -0.05) is 24.1 Å². The highest BCUT2D eigenvalue weighted by Crippen LogP contribution is 2.28. The van der Waals surface area contributed by atoms with Crippen LogP contribution in [0.4, 0.5) is 0 Å². The molecule has 3 aromatic rings. The Morgan fingerprint density at radius 3 is 2.70 bits per heavy atom. The summed E-state index contributed by atoms with van der Waals surface area (Å²) in [5.74, 6) is -0.629. The topological polar surface area (TPSA) is 81.0 Å². The normalized spacial score (nSPS) is 15.4. The molecule has 7 nitrogen and oxygen atoms in total. The maximum atomic E-state index is 13.0. The van der Waals surface area contributed by atoms with Gasteiger partial charge in [0.15, 0.2) is 0 Å². The van der Waals surface area contributed by atoms with Crippen LogP contribution in [0.3, 0.4) is 0 Å². The fourth-order valence-corrected chi connectivity index (χ4v) is 5.59. The summed E-state index contributed by atoms with van der Waals surface area (Å²) in [4.78, 5) is 17.0. The summed E-state index contributed by atoms with van der Waals surface area (Å²) in [7, 11) is -3.76. The highest BCUT2D eigenvalue weighted by molar-refractivity contribution is 7.89. The quantitative estimate of drug-likeness (QED) is 0.555. The Bertz CT molecular complexity index is 1200. The molecule has 0 aliphatic carbocycles. The van der Waals surface area contributed by atoms with Crippen molar-refractivity contribution < 1.29 is 17.9 Å². The molecule has 158 valence electrons. The molecule has 3 heterocycles. The van der Waals surface area contributed by atoms with Crippen LogP contribution in [-0.2, 0) is 21.4 Å². The van der Waals surface area contributed by atoms with Gasteiger partial charge in [-0.25, -0.2) is 18.2 Å². The minimum absolute atomic E-state index is 0.0171. The predicted octanol–water partition coefficient (Wildman–Crippen LogP) is 3.83. The predicted molar refractivity (Wildman–Crippen MR) is 113 cm³/mol. The van der Waals surface area contributed by atoms with Crippen molar-refractivity contribution in [3.63, 3.8) is 0 Å². The molecule has 9 heteroatoms. The van der Waals surface area contributed by atoms with E-state index in [9.17, 15) is 13.2 Å². The van der Waals surface area contributed by atoms with E-state index in [0.717, 1.165) is 30.5 Å². The number of aryl methyl sites for hydroxylation is 1. The molecule has 2 aromatic heterocycles. The fraction of sp³-hybridized carbons (Fsp3) is 0.333. The molecule has 0 saturated carbocycles. The lowest BCUT2D eigenvalue weighted by atomic mass is 10.2. The Hall–Kier alpha value is -2.42. The van der Waals surface area contributed by atoms with Gasteiger partial charge in [-0.3, -0.25) is 0 Å². The number of hydrogen-bond donors (Lipinski definition) is 0. The Labute approximate surface area is 180 Å². The molecule has 0 amide bonds.